The average molecular weight is 447 g/mol. The van der Waals surface area contributed by atoms with E-state index in [1.165, 1.54) is 17.0 Å². The van der Waals surface area contributed by atoms with E-state index < -0.39 is 16.9 Å². The number of benzene rings is 3. The number of para-hydroxylation sites is 1. The van der Waals surface area contributed by atoms with Gasteiger partial charge < -0.3 is 4.42 Å². The van der Waals surface area contributed by atoms with Crippen LogP contribution < -0.4 is 10.3 Å². The summed E-state index contributed by atoms with van der Waals surface area (Å²) in [6, 6.07) is 16.9. The van der Waals surface area contributed by atoms with Gasteiger partial charge in [-0.15, -0.1) is 0 Å². The third-order valence-electron chi connectivity index (χ3n) is 5.63. The summed E-state index contributed by atoms with van der Waals surface area (Å²) < 4.78 is 5.88. The van der Waals surface area contributed by atoms with Crippen molar-refractivity contribution in [3.63, 3.8) is 0 Å². The quantitative estimate of drug-likeness (QED) is 0.309. The highest BCUT2D eigenvalue weighted by Crippen LogP contribution is 2.42. The number of aryl methyl sites for hydroxylation is 1. The van der Waals surface area contributed by atoms with Gasteiger partial charge in [0.15, 0.2) is 5.43 Å². The molecule has 0 radical (unpaired) electrons. The zero-order valence-electron chi connectivity index (χ0n) is 16.7. The van der Waals surface area contributed by atoms with Gasteiger partial charge in [0.25, 0.3) is 11.6 Å². The minimum Gasteiger partial charge on any atom is -0.450 e. The van der Waals surface area contributed by atoms with Gasteiger partial charge in [-0.3, -0.25) is 24.6 Å². The largest absolute Gasteiger partial charge is 0.450 e. The Bertz CT molecular complexity index is 1480. The van der Waals surface area contributed by atoms with Crippen molar-refractivity contribution >= 4 is 39.9 Å². The zero-order valence-corrected chi connectivity index (χ0v) is 17.5. The van der Waals surface area contributed by atoms with E-state index in [2.05, 4.69) is 0 Å². The Hall–Kier alpha value is -3.97. The first-order chi connectivity index (χ1) is 15.4. The molecule has 0 N–H and O–H groups in total. The number of hydrogen-bond acceptors (Lipinski definition) is 5. The Morgan fingerprint density at radius 3 is 2.44 bits per heavy atom. The van der Waals surface area contributed by atoms with Crippen LogP contribution in [-0.4, -0.2) is 10.8 Å². The first-order valence-electron chi connectivity index (χ1n) is 9.76. The fourth-order valence-electron chi connectivity index (χ4n) is 4.01. The molecule has 2 heterocycles. The van der Waals surface area contributed by atoms with E-state index in [1.807, 2.05) is 6.92 Å². The van der Waals surface area contributed by atoms with Crippen molar-refractivity contribution in [2.45, 2.75) is 13.0 Å². The number of halogens is 1. The van der Waals surface area contributed by atoms with Gasteiger partial charge in [0, 0.05) is 22.8 Å². The molecule has 7 nitrogen and oxygen atoms in total. The molecule has 1 atom stereocenters. The second-order valence-electron chi connectivity index (χ2n) is 7.53. The lowest BCUT2D eigenvalue weighted by atomic mass is 9.98. The normalized spacial score (nSPS) is 15.2. The summed E-state index contributed by atoms with van der Waals surface area (Å²) in [6.45, 7) is 1.85. The van der Waals surface area contributed by atoms with Gasteiger partial charge in [-0.05, 0) is 54.4 Å². The SMILES string of the molecule is Cc1ccc(N2C(=O)c3oc4ccccc4c(=O)c3C2c2ccc([N+](=O)[O-])cc2)cc1Cl. The number of nitro groups is 1. The Labute approximate surface area is 186 Å². The lowest BCUT2D eigenvalue weighted by Crippen LogP contribution is -2.29. The lowest BCUT2D eigenvalue weighted by molar-refractivity contribution is -0.384. The number of nitro benzene ring substituents is 1. The summed E-state index contributed by atoms with van der Waals surface area (Å²) >= 11 is 6.32. The maximum atomic E-state index is 13.5. The highest BCUT2D eigenvalue weighted by molar-refractivity contribution is 6.31. The molecule has 5 rings (SSSR count). The predicted octanol–water partition coefficient (Wildman–Crippen LogP) is 5.41. The Balaban J connectivity index is 1.79. The van der Waals surface area contributed by atoms with Crippen LogP contribution in [0.25, 0.3) is 11.0 Å². The van der Waals surface area contributed by atoms with E-state index in [-0.39, 0.29) is 22.4 Å². The molecule has 32 heavy (non-hydrogen) atoms. The maximum absolute atomic E-state index is 13.5. The Kier molecular flexibility index (Phi) is 4.56. The smallest absolute Gasteiger partial charge is 0.295 e. The maximum Gasteiger partial charge on any atom is 0.295 e. The molecule has 8 heteroatoms. The molecule has 0 spiro atoms. The Morgan fingerprint density at radius 2 is 1.75 bits per heavy atom. The van der Waals surface area contributed by atoms with Crippen LogP contribution in [-0.2, 0) is 0 Å². The van der Waals surface area contributed by atoms with E-state index in [0.29, 0.717) is 27.2 Å². The first kappa shape index (κ1) is 20.0. The van der Waals surface area contributed by atoms with E-state index >= 15 is 0 Å². The molecular formula is C24H15ClN2O5. The van der Waals surface area contributed by atoms with Crippen molar-refractivity contribution in [3.8, 4) is 0 Å². The molecule has 0 aliphatic carbocycles. The standard InChI is InChI=1S/C24H15ClN2O5/c1-13-6-9-16(12-18(13)25)26-21(14-7-10-15(11-8-14)27(30)31)20-22(28)17-4-2-3-5-19(17)32-23(20)24(26)29/h2-12,21H,1H3. The van der Waals surface area contributed by atoms with Gasteiger partial charge in [-0.2, -0.15) is 0 Å². The highest BCUT2D eigenvalue weighted by Gasteiger charge is 2.43. The summed E-state index contributed by atoms with van der Waals surface area (Å²) in [4.78, 5) is 39.0. The van der Waals surface area contributed by atoms with Gasteiger partial charge in [0.1, 0.15) is 5.58 Å². The van der Waals surface area contributed by atoms with Crippen LogP contribution in [0.5, 0.6) is 0 Å². The molecule has 0 fully saturated rings. The molecule has 0 saturated heterocycles. The second kappa shape index (κ2) is 7.32. The summed E-state index contributed by atoms with van der Waals surface area (Å²) in [7, 11) is 0. The molecular weight excluding hydrogens is 432 g/mol. The summed E-state index contributed by atoms with van der Waals surface area (Å²) in [6.07, 6.45) is 0. The molecule has 0 bridgehead atoms. The predicted molar refractivity (Wildman–Crippen MR) is 120 cm³/mol. The molecule has 1 amide bonds. The van der Waals surface area contributed by atoms with Crippen molar-refractivity contribution in [1.82, 2.24) is 0 Å². The number of carbonyl (C=O) groups is 1. The number of rotatable bonds is 3. The number of anilines is 1. The zero-order chi connectivity index (χ0) is 22.6. The van der Waals surface area contributed by atoms with Crippen LogP contribution in [0, 0.1) is 17.0 Å². The number of nitrogens with zero attached hydrogens (tertiary/aromatic N) is 2. The summed E-state index contributed by atoms with van der Waals surface area (Å²) in [5, 5.41) is 11.9. The molecule has 3 aromatic carbocycles. The molecule has 0 saturated carbocycles. The topological polar surface area (TPSA) is 93.7 Å². The molecule has 158 valence electrons. The number of amides is 1. The van der Waals surface area contributed by atoms with Crippen molar-refractivity contribution in [2.75, 3.05) is 4.90 Å². The fourth-order valence-corrected chi connectivity index (χ4v) is 4.19. The minimum atomic E-state index is -0.821. The van der Waals surface area contributed by atoms with Crippen LogP contribution in [0.2, 0.25) is 5.02 Å². The van der Waals surface area contributed by atoms with E-state index in [9.17, 15) is 19.7 Å². The first-order valence-corrected chi connectivity index (χ1v) is 10.1. The van der Waals surface area contributed by atoms with E-state index in [0.717, 1.165) is 5.56 Å². The number of fused-ring (bicyclic) bond motifs is 2. The second-order valence-corrected chi connectivity index (χ2v) is 7.94. The summed E-state index contributed by atoms with van der Waals surface area (Å²) in [5.74, 6) is -0.528. The molecule has 1 unspecified atom stereocenters. The monoisotopic (exact) mass is 446 g/mol. The van der Waals surface area contributed by atoms with Gasteiger partial charge in [0.05, 0.1) is 21.9 Å². The van der Waals surface area contributed by atoms with E-state index in [4.69, 9.17) is 16.0 Å². The van der Waals surface area contributed by atoms with Gasteiger partial charge in [0.2, 0.25) is 5.76 Å². The minimum absolute atomic E-state index is 0.0475. The van der Waals surface area contributed by atoms with Crippen molar-refractivity contribution < 1.29 is 14.1 Å². The molecule has 1 aliphatic heterocycles. The average Bonchev–Trinajstić information content (AvgIpc) is 3.08. The molecule has 4 aromatic rings. The summed E-state index contributed by atoms with van der Waals surface area (Å²) in [5.41, 5.74) is 1.97. The highest BCUT2D eigenvalue weighted by atomic mass is 35.5. The molecule has 1 aromatic heterocycles. The fraction of sp³-hybridized carbons (Fsp3) is 0.0833. The van der Waals surface area contributed by atoms with Crippen molar-refractivity contribution in [2.24, 2.45) is 0 Å². The van der Waals surface area contributed by atoms with Crippen molar-refractivity contribution in [3.05, 3.63) is 115 Å². The van der Waals surface area contributed by atoms with E-state index in [1.54, 1.807) is 54.6 Å². The van der Waals surface area contributed by atoms with Gasteiger partial charge in [-0.1, -0.05) is 29.8 Å². The molecule has 1 aliphatic rings. The van der Waals surface area contributed by atoms with Crippen LogP contribution in [0.15, 0.2) is 75.9 Å². The lowest BCUT2D eigenvalue weighted by Gasteiger charge is -2.25. The number of hydrogen-bond donors (Lipinski definition) is 0. The van der Waals surface area contributed by atoms with Crippen LogP contribution in [0.4, 0.5) is 11.4 Å². The van der Waals surface area contributed by atoms with Crippen LogP contribution >= 0.6 is 11.6 Å². The Morgan fingerprint density at radius 1 is 1.03 bits per heavy atom. The van der Waals surface area contributed by atoms with Gasteiger partial charge >= 0.3 is 0 Å². The number of carbonyl (C=O) groups excluding carboxylic acids is 1. The van der Waals surface area contributed by atoms with Crippen LogP contribution in [0.1, 0.15) is 33.3 Å². The third kappa shape index (κ3) is 2.98. The number of non-ortho nitro benzene ring substituents is 1. The third-order valence-corrected chi connectivity index (χ3v) is 6.04. The van der Waals surface area contributed by atoms with Gasteiger partial charge in [-0.25, -0.2) is 0 Å². The van der Waals surface area contributed by atoms with Crippen molar-refractivity contribution in [1.29, 1.82) is 0 Å². The van der Waals surface area contributed by atoms with Crippen LogP contribution in [0.3, 0.4) is 0 Å².